The Morgan fingerprint density at radius 1 is 1.19 bits per heavy atom. The Hall–Kier alpha value is -2.57. The van der Waals surface area contributed by atoms with E-state index in [0.717, 1.165) is 12.0 Å². The number of hydrogen-bond donors (Lipinski definition) is 1. The van der Waals surface area contributed by atoms with Crippen LogP contribution in [0.1, 0.15) is 35.7 Å². The molecule has 0 radical (unpaired) electrons. The third-order valence-corrected chi connectivity index (χ3v) is 5.07. The Morgan fingerprint density at radius 2 is 1.88 bits per heavy atom. The highest BCUT2D eigenvalue weighted by Crippen LogP contribution is 2.23. The fourth-order valence-corrected chi connectivity index (χ4v) is 3.46. The summed E-state index contributed by atoms with van der Waals surface area (Å²) >= 11 is 0. The highest BCUT2D eigenvalue weighted by molar-refractivity contribution is 5.97. The Labute approximate surface area is 153 Å². The Morgan fingerprint density at radius 3 is 2.46 bits per heavy atom. The van der Waals surface area contributed by atoms with Gasteiger partial charge in [-0.3, -0.25) is 14.4 Å². The van der Waals surface area contributed by atoms with E-state index in [4.69, 9.17) is 4.74 Å². The van der Waals surface area contributed by atoms with Crippen LogP contribution in [0.4, 0.5) is 0 Å². The summed E-state index contributed by atoms with van der Waals surface area (Å²) in [5, 5.41) is 2.71. The first-order valence-electron chi connectivity index (χ1n) is 9.07. The summed E-state index contributed by atoms with van der Waals surface area (Å²) in [7, 11) is 1.56. The van der Waals surface area contributed by atoms with Crippen LogP contribution in [0.5, 0.6) is 5.75 Å². The molecule has 3 amide bonds. The lowest BCUT2D eigenvalue weighted by Gasteiger charge is -2.36. The monoisotopic (exact) mass is 359 g/mol. The first kappa shape index (κ1) is 18.2. The molecule has 2 aliphatic rings. The van der Waals surface area contributed by atoms with Gasteiger partial charge >= 0.3 is 0 Å². The zero-order valence-electron chi connectivity index (χ0n) is 15.3. The van der Waals surface area contributed by atoms with Gasteiger partial charge in [-0.05, 0) is 30.5 Å². The molecule has 2 saturated heterocycles. The molecule has 7 heteroatoms. The molecule has 1 aromatic rings. The number of rotatable bonds is 4. The van der Waals surface area contributed by atoms with E-state index in [1.807, 2.05) is 25.1 Å². The van der Waals surface area contributed by atoms with Crippen molar-refractivity contribution in [2.45, 2.75) is 32.2 Å². The van der Waals surface area contributed by atoms with Crippen molar-refractivity contribution in [2.24, 2.45) is 0 Å². The van der Waals surface area contributed by atoms with Crippen molar-refractivity contribution in [1.82, 2.24) is 15.1 Å². The number of methoxy groups -OCH3 is 1. The lowest BCUT2D eigenvalue weighted by molar-refractivity contribution is -0.135. The van der Waals surface area contributed by atoms with Crippen molar-refractivity contribution in [3.05, 3.63) is 29.3 Å². The maximum absolute atomic E-state index is 12.9. The van der Waals surface area contributed by atoms with Crippen molar-refractivity contribution in [3.8, 4) is 5.75 Å². The normalized spacial score (nSPS) is 20.1. The zero-order valence-corrected chi connectivity index (χ0v) is 15.3. The summed E-state index contributed by atoms with van der Waals surface area (Å²) in [6.45, 7) is 3.96. The molecule has 0 bridgehead atoms. The van der Waals surface area contributed by atoms with Crippen LogP contribution < -0.4 is 10.1 Å². The first-order chi connectivity index (χ1) is 12.5. The van der Waals surface area contributed by atoms with Gasteiger partial charge in [0.25, 0.3) is 5.91 Å². The number of piperazine rings is 1. The van der Waals surface area contributed by atoms with Gasteiger partial charge < -0.3 is 19.9 Å². The van der Waals surface area contributed by atoms with Crippen LogP contribution in [-0.4, -0.2) is 66.9 Å². The topological polar surface area (TPSA) is 79.0 Å². The molecule has 26 heavy (non-hydrogen) atoms. The number of carbonyl (C=O) groups is 3. The van der Waals surface area contributed by atoms with Gasteiger partial charge in [-0.25, -0.2) is 0 Å². The summed E-state index contributed by atoms with van der Waals surface area (Å²) in [6, 6.07) is 5.26. The molecule has 3 rings (SSSR count). The summed E-state index contributed by atoms with van der Waals surface area (Å²) < 4.78 is 5.34. The minimum Gasteiger partial charge on any atom is -0.496 e. The van der Waals surface area contributed by atoms with E-state index in [-0.39, 0.29) is 17.7 Å². The largest absolute Gasteiger partial charge is 0.496 e. The Bertz CT molecular complexity index is 711. The molecular formula is C19H25N3O4. The summed E-state index contributed by atoms with van der Waals surface area (Å²) in [6.07, 6.45) is 1.81. The third kappa shape index (κ3) is 3.66. The van der Waals surface area contributed by atoms with Gasteiger partial charge in [-0.15, -0.1) is 0 Å². The van der Waals surface area contributed by atoms with Gasteiger partial charge in [-0.2, -0.15) is 0 Å². The number of carbonyl (C=O) groups excluding carboxylic acids is 3. The second-order valence-corrected chi connectivity index (χ2v) is 6.66. The predicted octanol–water partition coefficient (Wildman–Crippen LogP) is 0.821. The van der Waals surface area contributed by atoms with Crippen LogP contribution in [0, 0.1) is 0 Å². The summed E-state index contributed by atoms with van der Waals surface area (Å²) in [4.78, 5) is 40.2. The van der Waals surface area contributed by atoms with Gasteiger partial charge in [0.05, 0.1) is 12.7 Å². The van der Waals surface area contributed by atoms with E-state index >= 15 is 0 Å². The smallest absolute Gasteiger partial charge is 0.257 e. The second kappa shape index (κ2) is 7.76. The average Bonchev–Trinajstić information content (AvgIpc) is 3.12. The molecular weight excluding hydrogens is 334 g/mol. The van der Waals surface area contributed by atoms with Crippen LogP contribution in [-0.2, 0) is 16.0 Å². The number of benzene rings is 1. The van der Waals surface area contributed by atoms with Gasteiger partial charge in [0.2, 0.25) is 11.8 Å². The lowest BCUT2D eigenvalue weighted by Crippen LogP contribution is -2.54. The number of nitrogens with zero attached hydrogens (tertiary/aromatic N) is 2. The molecule has 0 aromatic heterocycles. The highest BCUT2D eigenvalue weighted by atomic mass is 16.5. The fourth-order valence-electron chi connectivity index (χ4n) is 3.46. The zero-order chi connectivity index (χ0) is 18.7. The molecule has 7 nitrogen and oxygen atoms in total. The molecule has 1 N–H and O–H groups in total. The van der Waals surface area contributed by atoms with Gasteiger partial charge in [0.15, 0.2) is 0 Å². The van der Waals surface area contributed by atoms with Crippen molar-refractivity contribution < 1.29 is 19.1 Å². The van der Waals surface area contributed by atoms with E-state index in [2.05, 4.69) is 5.32 Å². The fraction of sp³-hybridized carbons (Fsp3) is 0.526. The minimum absolute atomic E-state index is 0.0477. The van der Waals surface area contributed by atoms with Crippen LogP contribution in [0.3, 0.4) is 0 Å². The Kier molecular flexibility index (Phi) is 5.44. The third-order valence-electron chi connectivity index (χ3n) is 5.07. The minimum atomic E-state index is -0.411. The van der Waals surface area contributed by atoms with Crippen LogP contribution >= 0.6 is 0 Å². The molecule has 2 heterocycles. The number of aryl methyl sites for hydroxylation is 1. The molecule has 0 aliphatic carbocycles. The summed E-state index contributed by atoms with van der Waals surface area (Å²) in [5.41, 5.74) is 1.65. The molecule has 0 saturated carbocycles. The van der Waals surface area contributed by atoms with E-state index in [9.17, 15) is 14.4 Å². The van der Waals surface area contributed by atoms with Crippen LogP contribution in [0.15, 0.2) is 18.2 Å². The standard InChI is InChI=1S/C19H25N3O4/c1-3-13-4-6-16(26-2)14(12-13)18(24)21-8-10-22(11-9-21)19(25)15-5-7-17(23)20-15/h4,6,12,15H,3,5,7-11H2,1-2H3,(H,20,23). The number of nitrogens with one attached hydrogen (secondary N) is 1. The highest BCUT2D eigenvalue weighted by Gasteiger charge is 2.33. The number of ether oxygens (including phenoxy) is 1. The second-order valence-electron chi connectivity index (χ2n) is 6.66. The van der Waals surface area contributed by atoms with Crippen molar-refractivity contribution in [1.29, 1.82) is 0 Å². The van der Waals surface area contributed by atoms with Crippen molar-refractivity contribution in [2.75, 3.05) is 33.3 Å². The molecule has 1 unspecified atom stereocenters. The maximum atomic E-state index is 12.9. The predicted molar refractivity (Wildman–Crippen MR) is 96.0 cm³/mol. The SMILES string of the molecule is CCc1ccc(OC)c(C(=O)N2CCN(C(=O)C3CCC(=O)N3)CC2)c1. The average molecular weight is 359 g/mol. The molecule has 2 aliphatic heterocycles. The Balaban J connectivity index is 1.63. The van der Waals surface area contributed by atoms with Gasteiger partial charge in [0.1, 0.15) is 11.8 Å². The van der Waals surface area contributed by atoms with Crippen molar-refractivity contribution in [3.63, 3.8) is 0 Å². The molecule has 1 atom stereocenters. The van der Waals surface area contributed by atoms with Crippen molar-refractivity contribution >= 4 is 17.7 Å². The van der Waals surface area contributed by atoms with Gasteiger partial charge in [0, 0.05) is 32.6 Å². The first-order valence-corrected chi connectivity index (χ1v) is 9.07. The van der Waals surface area contributed by atoms with Gasteiger partial charge in [-0.1, -0.05) is 13.0 Å². The quantitative estimate of drug-likeness (QED) is 0.863. The van der Waals surface area contributed by atoms with E-state index in [0.29, 0.717) is 50.3 Å². The maximum Gasteiger partial charge on any atom is 0.257 e. The lowest BCUT2D eigenvalue weighted by atomic mass is 10.1. The van der Waals surface area contributed by atoms with E-state index < -0.39 is 6.04 Å². The van der Waals surface area contributed by atoms with E-state index in [1.54, 1.807) is 16.9 Å². The molecule has 1 aromatic carbocycles. The molecule has 140 valence electrons. The molecule has 0 spiro atoms. The number of amides is 3. The van der Waals surface area contributed by atoms with Crippen LogP contribution in [0.25, 0.3) is 0 Å². The van der Waals surface area contributed by atoms with E-state index in [1.165, 1.54) is 0 Å². The number of hydrogen-bond acceptors (Lipinski definition) is 4. The van der Waals surface area contributed by atoms with Crippen LogP contribution in [0.2, 0.25) is 0 Å². The summed E-state index contributed by atoms with van der Waals surface area (Å²) in [5.74, 6) is 0.381. The molecule has 2 fully saturated rings.